The lowest BCUT2D eigenvalue weighted by Crippen LogP contribution is -2.41. The van der Waals surface area contributed by atoms with Crippen molar-refractivity contribution >= 4 is 44.5 Å². The Kier molecular flexibility index (Phi) is 7.70. The number of hydrogen-bond donors (Lipinski definition) is 2. The first-order valence-corrected chi connectivity index (χ1v) is 15.5. The molecule has 0 saturated carbocycles. The van der Waals surface area contributed by atoms with E-state index in [4.69, 9.17) is 24.9 Å². The predicted octanol–water partition coefficient (Wildman–Crippen LogP) is 3.39. The van der Waals surface area contributed by atoms with Gasteiger partial charge in [-0.15, -0.1) is 0 Å². The van der Waals surface area contributed by atoms with Gasteiger partial charge in [0.15, 0.2) is 23.1 Å². The molecule has 1 fully saturated rings. The SMILES string of the molecule is COc1cc(-n2cnc(Nc3nc(N4CCC[C@H]4C(N)=O)c4c(ccn4S(=O)(=O)c4ccc(C)cc4)n3)c2)cc(OC)c1OC. The standard InChI is InChI=1S/C30H32N8O6S/c1-18-7-9-20(10-8-18)45(40,41)38-13-11-21-26(38)29(37-12-5-6-22(37)28(31)39)35-30(33-21)34-25-16-36(17-32-25)19-14-23(42-2)27(44-4)24(15-19)43-3/h7-11,13-17,22H,5-6,12H2,1-4H3,(H2,31,39)(H,33,34,35)/t22-/m0/s1. The molecule has 0 aliphatic carbocycles. The Bertz CT molecular complexity index is 1980. The highest BCUT2D eigenvalue weighted by molar-refractivity contribution is 7.90. The third kappa shape index (κ3) is 5.35. The fraction of sp³-hybridized carbons (Fsp3) is 0.267. The molecule has 0 radical (unpaired) electrons. The van der Waals surface area contributed by atoms with Gasteiger partial charge in [0, 0.05) is 24.9 Å². The number of carbonyl (C=O) groups excluding carboxylic acids is 1. The Morgan fingerprint density at radius 1 is 1.02 bits per heavy atom. The van der Waals surface area contributed by atoms with E-state index >= 15 is 0 Å². The van der Waals surface area contributed by atoms with Gasteiger partial charge in [0.25, 0.3) is 10.0 Å². The highest BCUT2D eigenvalue weighted by Gasteiger charge is 2.34. The van der Waals surface area contributed by atoms with Crippen molar-refractivity contribution in [2.45, 2.75) is 30.7 Å². The first-order chi connectivity index (χ1) is 21.6. The van der Waals surface area contributed by atoms with Crippen LogP contribution in [0.4, 0.5) is 17.6 Å². The Morgan fingerprint density at radius 3 is 2.38 bits per heavy atom. The minimum atomic E-state index is -4.02. The zero-order valence-electron chi connectivity index (χ0n) is 25.1. The summed E-state index contributed by atoms with van der Waals surface area (Å²) in [6.07, 6.45) is 5.97. The lowest BCUT2D eigenvalue weighted by molar-refractivity contribution is -0.119. The maximum Gasteiger partial charge on any atom is 0.268 e. The molecule has 1 atom stereocenters. The number of nitrogens with zero attached hydrogens (tertiary/aromatic N) is 6. The summed E-state index contributed by atoms with van der Waals surface area (Å²) in [7, 11) is 0.590. The monoisotopic (exact) mass is 632 g/mol. The third-order valence-corrected chi connectivity index (χ3v) is 9.37. The molecule has 3 aromatic heterocycles. The van der Waals surface area contributed by atoms with Crippen molar-refractivity contribution in [3.05, 3.63) is 66.7 Å². The maximum absolute atomic E-state index is 13.8. The number of rotatable bonds is 10. The number of aryl methyl sites for hydroxylation is 1. The molecule has 0 unspecified atom stereocenters. The van der Waals surface area contributed by atoms with Gasteiger partial charge < -0.3 is 34.7 Å². The summed E-state index contributed by atoms with van der Waals surface area (Å²) in [5.41, 5.74) is 7.98. The van der Waals surface area contributed by atoms with Crippen LogP contribution in [0.2, 0.25) is 0 Å². The number of ether oxygens (including phenoxy) is 3. The van der Waals surface area contributed by atoms with Crippen LogP contribution in [0.15, 0.2) is 66.1 Å². The molecule has 0 spiro atoms. The Labute approximate surface area is 259 Å². The largest absolute Gasteiger partial charge is 0.493 e. The zero-order chi connectivity index (χ0) is 31.9. The Balaban J connectivity index is 1.42. The van der Waals surface area contributed by atoms with Crippen molar-refractivity contribution in [1.29, 1.82) is 0 Å². The van der Waals surface area contributed by atoms with Gasteiger partial charge in [-0.25, -0.2) is 22.4 Å². The first kappa shape index (κ1) is 29.7. The summed E-state index contributed by atoms with van der Waals surface area (Å²) in [5, 5.41) is 3.12. The van der Waals surface area contributed by atoms with Crippen molar-refractivity contribution in [2.75, 3.05) is 38.1 Å². The highest BCUT2D eigenvalue weighted by Crippen LogP contribution is 2.39. The molecule has 3 N–H and O–H groups in total. The predicted molar refractivity (Wildman–Crippen MR) is 167 cm³/mol. The van der Waals surface area contributed by atoms with E-state index in [0.29, 0.717) is 53.7 Å². The van der Waals surface area contributed by atoms with Gasteiger partial charge >= 0.3 is 0 Å². The number of nitrogens with two attached hydrogens (primary N) is 1. The number of carbonyl (C=O) groups is 1. The van der Waals surface area contributed by atoms with E-state index in [1.807, 2.05) is 6.92 Å². The van der Waals surface area contributed by atoms with Crippen LogP contribution >= 0.6 is 0 Å². The fourth-order valence-corrected chi connectivity index (χ4v) is 6.80. The first-order valence-electron chi connectivity index (χ1n) is 14.0. The van der Waals surface area contributed by atoms with Crippen LogP contribution in [-0.2, 0) is 14.8 Å². The average Bonchev–Trinajstić information content (AvgIpc) is 3.80. The molecular formula is C30H32N8O6S. The molecule has 1 aliphatic rings. The second kappa shape index (κ2) is 11.6. The Morgan fingerprint density at radius 2 is 1.73 bits per heavy atom. The van der Waals surface area contributed by atoms with Crippen LogP contribution in [0.25, 0.3) is 16.7 Å². The quantitative estimate of drug-likeness (QED) is 0.231. The number of amides is 1. The molecule has 2 aromatic carbocycles. The van der Waals surface area contributed by atoms with Crippen LogP contribution in [0, 0.1) is 6.92 Å². The van der Waals surface area contributed by atoms with E-state index in [1.54, 1.807) is 64.5 Å². The molecule has 14 nitrogen and oxygen atoms in total. The van der Waals surface area contributed by atoms with Crippen molar-refractivity contribution in [3.8, 4) is 22.9 Å². The zero-order valence-corrected chi connectivity index (χ0v) is 25.9. The number of hydrogen-bond acceptors (Lipinski definition) is 11. The maximum atomic E-state index is 13.8. The van der Waals surface area contributed by atoms with Crippen LogP contribution in [0.3, 0.4) is 0 Å². The Hall–Kier alpha value is -5.31. The second-order valence-electron chi connectivity index (χ2n) is 10.5. The lowest BCUT2D eigenvalue weighted by Gasteiger charge is -2.25. The number of benzene rings is 2. The van der Waals surface area contributed by atoms with Crippen molar-refractivity contribution in [3.63, 3.8) is 0 Å². The second-order valence-corrected chi connectivity index (χ2v) is 12.3. The lowest BCUT2D eigenvalue weighted by atomic mass is 10.2. The van der Waals surface area contributed by atoms with Crippen molar-refractivity contribution in [2.24, 2.45) is 5.73 Å². The van der Waals surface area contributed by atoms with Crippen LogP contribution in [-0.4, -0.2) is 71.7 Å². The summed E-state index contributed by atoms with van der Waals surface area (Å²) in [4.78, 5) is 28.1. The number of anilines is 3. The third-order valence-electron chi connectivity index (χ3n) is 7.68. The number of methoxy groups -OCH3 is 3. The molecule has 0 bridgehead atoms. The normalized spacial score (nSPS) is 14.9. The minimum absolute atomic E-state index is 0.115. The molecule has 6 rings (SSSR count). The minimum Gasteiger partial charge on any atom is -0.493 e. The number of nitrogens with one attached hydrogen (secondary N) is 1. The summed E-state index contributed by atoms with van der Waals surface area (Å²) in [6.45, 7) is 2.34. The summed E-state index contributed by atoms with van der Waals surface area (Å²) in [6, 6.07) is 11.1. The number of fused-ring (bicyclic) bond motifs is 1. The highest BCUT2D eigenvalue weighted by atomic mass is 32.2. The van der Waals surface area contributed by atoms with Gasteiger partial charge in [-0.05, 0) is 38.0 Å². The molecule has 234 valence electrons. The topological polar surface area (TPSA) is 169 Å². The summed E-state index contributed by atoms with van der Waals surface area (Å²) >= 11 is 0. The fourth-order valence-electron chi connectivity index (χ4n) is 5.46. The van der Waals surface area contributed by atoms with Crippen LogP contribution in [0.5, 0.6) is 17.2 Å². The molecule has 5 aromatic rings. The number of imidazole rings is 1. The molecule has 45 heavy (non-hydrogen) atoms. The van der Waals surface area contributed by atoms with Gasteiger partial charge in [-0.3, -0.25) is 4.79 Å². The summed E-state index contributed by atoms with van der Waals surface area (Å²) in [5.74, 6) is 1.75. The van der Waals surface area contributed by atoms with E-state index < -0.39 is 22.0 Å². The van der Waals surface area contributed by atoms with Gasteiger partial charge in [0.2, 0.25) is 17.6 Å². The molecule has 4 heterocycles. The molecule has 15 heteroatoms. The summed E-state index contributed by atoms with van der Waals surface area (Å²) < 4.78 is 46.9. The van der Waals surface area contributed by atoms with Crippen LogP contribution in [0.1, 0.15) is 18.4 Å². The van der Waals surface area contributed by atoms with E-state index in [-0.39, 0.29) is 22.2 Å². The van der Waals surface area contributed by atoms with E-state index in [1.165, 1.54) is 27.5 Å². The van der Waals surface area contributed by atoms with Gasteiger partial charge in [-0.1, -0.05) is 17.7 Å². The number of primary amides is 1. The van der Waals surface area contributed by atoms with E-state index in [2.05, 4.69) is 15.3 Å². The smallest absolute Gasteiger partial charge is 0.268 e. The van der Waals surface area contributed by atoms with Gasteiger partial charge in [-0.2, -0.15) is 4.98 Å². The van der Waals surface area contributed by atoms with E-state index in [0.717, 1.165) is 9.54 Å². The molecular weight excluding hydrogens is 600 g/mol. The van der Waals surface area contributed by atoms with Gasteiger partial charge in [0.1, 0.15) is 17.9 Å². The molecule has 1 amide bonds. The molecule has 1 saturated heterocycles. The molecule has 1 aliphatic heterocycles. The van der Waals surface area contributed by atoms with Crippen LogP contribution < -0.4 is 30.2 Å². The van der Waals surface area contributed by atoms with Gasteiger partial charge in [0.05, 0.1) is 43.6 Å². The van der Waals surface area contributed by atoms with Crippen molar-refractivity contribution in [1.82, 2.24) is 23.5 Å². The average molecular weight is 633 g/mol. The van der Waals surface area contributed by atoms with Crippen molar-refractivity contribution < 1.29 is 27.4 Å². The number of aromatic nitrogens is 5. The van der Waals surface area contributed by atoms with E-state index in [9.17, 15) is 13.2 Å².